The second-order valence-electron chi connectivity index (χ2n) is 2.47. The number of hydrogen-bond acceptors (Lipinski definition) is 2. The van der Waals surface area contributed by atoms with E-state index >= 15 is 0 Å². The average Bonchev–Trinajstić information content (AvgIpc) is 2.01. The third-order valence-corrected chi connectivity index (χ3v) is 2.95. The molecule has 0 aliphatic rings. The van der Waals surface area contributed by atoms with Crippen LogP contribution in [-0.2, 0) is 15.4 Å². The van der Waals surface area contributed by atoms with Gasteiger partial charge in [-0.25, -0.2) is 17.9 Å². The minimum Gasteiger partial charge on any atom is -0.225 e. The Bertz CT molecular complexity index is 419. The van der Waals surface area contributed by atoms with E-state index in [-0.39, 0.29) is 4.90 Å². The van der Waals surface area contributed by atoms with Gasteiger partial charge in [-0.15, -0.1) is 0 Å². The number of halogens is 2. The van der Waals surface area contributed by atoms with Crippen molar-refractivity contribution in [2.45, 2.75) is 10.2 Å². The lowest BCUT2D eigenvalue weighted by Gasteiger charge is -2.01. The average molecular weight is 268 g/mol. The number of primary sulfonamides is 1. The highest BCUT2D eigenvalue weighted by Gasteiger charge is 2.10. The summed E-state index contributed by atoms with van der Waals surface area (Å²) in [6.07, 6.45) is 0. The molecule has 6 heteroatoms. The van der Waals surface area contributed by atoms with Crippen molar-refractivity contribution in [1.29, 1.82) is 0 Å². The zero-order valence-electron chi connectivity index (χ0n) is 6.50. The van der Waals surface area contributed by atoms with Crippen LogP contribution in [0, 0.1) is 5.82 Å². The number of nitrogens with two attached hydrogens (primary N) is 1. The lowest BCUT2D eigenvalue weighted by atomic mass is 10.2. The number of rotatable bonds is 2. The largest absolute Gasteiger partial charge is 0.238 e. The van der Waals surface area contributed by atoms with E-state index in [2.05, 4.69) is 15.9 Å². The molecule has 0 aliphatic carbocycles. The smallest absolute Gasteiger partial charge is 0.225 e. The minimum atomic E-state index is -3.82. The lowest BCUT2D eigenvalue weighted by Crippen LogP contribution is -2.12. The van der Waals surface area contributed by atoms with Gasteiger partial charge in [-0.2, -0.15) is 0 Å². The first kappa shape index (κ1) is 10.6. The highest BCUT2D eigenvalue weighted by molar-refractivity contribution is 9.08. The summed E-state index contributed by atoms with van der Waals surface area (Å²) >= 11 is 3.09. The van der Waals surface area contributed by atoms with Gasteiger partial charge in [-0.1, -0.05) is 15.9 Å². The summed E-state index contributed by atoms with van der Waals surface area (Å²) in [5.74, 6) is -0.610. The maximum absolute atomic E-state index is 12.8. The number of alkyl halides is 1. The highest BCUT2D eigenvalue weighted by atomic mass is 79.9. The number of sulfonamides is 1. The van der Waals surface area contributed by atoms with Crippen LogP contribution in [0.15, 0.2) is 23.1 Å². The zero-order valence-corrected chi connectivity index (χ0v) is 8.90. The van der Waals surface area contributed by atoms with Crippen LogP contribution in [-0.4, -0.2) is 8.42 Å². The summed E-state index contributed by atoms with van der Waals surface area (Å²) in [5.41, 5.74) is 0.532. The van der Waals surface area contributed by atoms with E-state index in [0.717, 1.165) is 6.07 Å². The Morgan fingerprint density at radius 1 is 1.38 bits per heavy atom. The molecule has 1 aromatic rings. The van der Waals surface area contributed by atoms with Gasteiger partial charge in [0, 0.05) is 5.33 Å². The fourth-order valence-corrected chi connectivity index (χ4v) is 1.78. The van der Waals surface area contributed by atoms with E-state index in [1.165, 1.54) is 12.1 Å². The molecule has 0 aromatic heterocycles. The second kappa shape index (κ2) is 3.73. The Kier molecular flexibility index (Phi) is 3.05. The lowest BCUT2D eigenvalue weighted by molar-refractivity contribution is 0.591. The van der Waals surface area contributed by atoms with Gasteiger partial charge in [0.2, 0.25) is 10.0 Å². The molecule has 0 spiro atoms. The minimum absolute atomic E-state index is 0.207. The quantitative estimate of drug-likeness (QED) is 0.823. The summed E-state index contributed by atoms with van der Waals surface area (Å²) in [6.45, 7) is 0. The fourth-order valence-electron chi connectivity index (χ4n) is 0.862. The van der Waals surface area contributed by atoms with E-state index in [9.17, 15) is 12.8 Å². The Morgan fingerprint density at radius 3 is 2.46 bits per heavy atom. The van der Waals surface area contributed by atoms with Crippen molar-refractivity contribution in [2.24, 2.45) is 5.14 Å². The van der Waals surface area contributed by atoms with Gasteiger partial charge in [0.1, 0.15) is 5.82 Å². The molecule has 1 rings (SSSR count). The molecule has 0 amide bonds. The number of benzene rings is 1. The van der Waals surface area contributed by atoms with Crippen molar-refractivity contribution in [3.05, 3.63) is 29.6 Å². The predicted octanol–water partition coefficient (Wildman–Crippen LogP) is 1.37. The molecule has 0 atom stereocenters. The summed E-state index contributed by atoms with van der Waals surface area (Å²) in [5, 5.41) is 5.22. The monoisotopic (exact) mass is 267 g/mol. The van der Waals surface area contributed by atoms with E-state index in [4.69, 9.17) is 5.14 Å². The molecule has 0 heterocycles. The van der Waals surface area contributed by atoms with Crippen LogP contribution in [0.3, 0.4) is 0 Å². The van der Waals surface area contributed by atoms with Gasteiger partial charge in [-0.05, 0) is 23.8 Å². The molecule has 1 aromatic carbocycles. The first-order valence-corrected chi connectivity index (χ1v) is 5.98. The maximum Gasteiger partial charge on any atom is 0.238 e. The molecule has 0 radical (unpaired) electrons. The van der Waals surface area contributed by atoms with Gasteiger partial charge in [-0.3, -0.25) is 0 Å². The van der Waals surface area contributed by atoms with E-state index < -0.39 is 15.8 Å². The van der Waals surface area contributed by atoms with Crippen LogP contribution >= 0.6 is 15.9 Å². The normalized spacial score (nSPS) is 11.6. The molecule has 0 saturated heterocycles. The van der Waals surface area contributed by atoms with Gasteiger partial charge < -0.3 is 0 Å². The van der Waals surface area contributed by atoms with Crippen molar-refractivity contribution < 1.29 is 12.8 Å². The molecule has 3 nitrogen and oxygen atoms in total. The second-order valence-corrected chi connectivity index (χ2v) is 4.60. The van der Waals surface area contributed by atoms with Gasteiger partial charge >= 0.3 is 0 Å². The van der Waals surface area contributed by atoms with Crippen molar-refractivity contribution in [3.8, 4) is 0 Å². The molecule has 0 saturated carbocycles. The van der Waals surface area contributed by atoms with Crippen LogP contribution < -0.4 is 5.14 Å². The van der Waals surface area contributed by atoms with Crippen molar-refractivity contribution >= 4 is 26.0 Å². The Labute approximate surface area is 83.9 Å². The number of hydrogen-bond donors (Lipinski definition) is 1. The SMILES string of the molecule is NS(=O)(=O)c1cc(F)cc(CBr)c1. The maximum atomic E-state index is 12.8. The molecule has 0 bridgehead atoms. The van der Waals surface area contributed by atoms with Gasteiger partial charge in [0.25, 0.3) is 0 Å². The van der Waals surface area contributed by atoms with Crippen LogP contribution in [0.5, 0.6) is 0 Å². The van der Waals surface area contributed by atoms with Crippen LogP contribution in [0.2, 0.25) is 0 Å². The van der Waals surface area contributed by atoms with Crippen LogP contribution in [0.4, 0.5) is 4.39 Å². The molecule has 0 fully saturated rings. The Hall–Kier alpha value is -0.460. The van der Waals surface area contributed by atoms with Crippen LogP contribution in [0.1, 0.15) is 5.56 Å². The zero-order chi connectivity index (χ0) is 10.1. The van der Waals surface area contributed by atoms with Crippen LogP contribution in [0.25, 0.3) is 0 Å². The molecular weight excluding hydrogens is 261 g/mol. The molecule has 13 heavy (non-hydrogen) atoms. The first-order chi connectivity index (χ1) is 5.93. The topological polar surface area (TPSA) is 60.2 Å². The van der Waals surface area contributed by atoms with E-state index in [1.807, 2.05) is 0 Å². The van der Waals surface area contributed by atoms with Gasteiger partial charge in [0.15, 0.2) is 0 Å². The Balaban J connectivity index is 3.33. The van der Waals surface area contributed by atoms with E-state index in [0.29, 0.717) is 10.9 Å². The van der Waals surface area contributed by atoms with Crippen molar-refractivity contribution in [1.82, 2.24) is 0 Å². The summed E-state index contributed by atoms with van der Waals surface area (Å²) in [4.78, 5) is -0.207. The molecule has 0 aliphatic heterocycles. The molecule has 0 unspecified atom stereocenters. The standard InChI is InChI=1S/C7H7BrFNO2S/c8-4-5-1-6(9)3-7(2-5)13(10,11)12/h1-3H,4H2,(H2,10,11,12). The third-order valence-electron chi connectivity index (χ3n) is 1.41. The molecule has 2 N–H and O–H groups in total. The molecular formula is C7H7BrFNO2S. The van der Waals surface area contributed by atoms with Gasteiger partial charge in [0.05, 0.1) is 4.90 Å². The summed E-state index contributed by atoms with van der Waals surface area (Å²) in [6, 6.07) is 3.46. The predicted molar refractivity (Wildman–Crippen MR) is 50.4 cm³/mol. The molecule has 72 valence electrons. The van der Waals surface area contributed by atoms with Crippen molar-refractivity contribution in [2.75, 3.05) is 0 Å². The highest BCUT2D eigenvalue weighted by Crippen LogP contribution is 2.15. The third kappa shape index (κ3) is 2.75. The fraction of sp³-hybridized carbons (Fsp3) is 0.143. The first-order valence-electron chi connectivity index (χ1n) is 3.32. The summed E-state index contributed by atoms with van der Waals surface area (Å²) in [7, 11) is -3.82. The van der Waals surface area contributed by atoms with Crippen molar-refractivity contribution in [3.63, 3.8) is 0 Å². The summed E-state index contributed by atoms with van der Waals surface area (Å²) < 4.78 is 34.5. The Morgan fingerprint density at radius 2 is 2.00 bits per heavy atom. The van der Waals surface area contributed by atoms with E-state index in [1.54, 1.807) is 0 Å².